The number of halogens is 3. The van der Waals surface area contributed by atoms with Gasteiger partial charge >= 0.3 is 11.9 Å². The van der Waals surface area contributed by atoms with Crippen LogP contribution < -0.4 is 4.90 Å². The summed E-state index contributed by atoms with van der Waals surface area (Å²) in [6, 6.07) is 18.8. The van der Waals surface area contributed by atoms with Gasteiger partial charge in [-0.2, -0.15) is 0 Å². The lowest BCUT2D eigenvalue weighted by molar-refractivity contribution is -0.159. The number of rotatable bonds is 9. The summed E-state index contributed by atoms with van der Waals surface area (Å²) in [5.74, 6) is -4.19. The molecule has 4 rings (SSSR count). The Labute approximate surface area is 249 Å². The molecule has 216 valence electrons. The SMILES string of the molecule is O=C(O)C(=O)O.[N-]=[N+]=Nc1ccc(CN2CCN(CCCN(c3ccc(F)cc3)c3ccc(F)cc3)CC2)cc1I. The molecular weight excluding hydrogens is 649 g/mol. The number of anilines is 2. The highest BCUT2D eigenvalue weighted by Crippen LogP contribution is 2.27. The van der Waals surface area contributed by atoms with Crippen molar-refractivity contribution in [2.75, 3.05) is 44.2 Å². The van der Waals surface area contributed by atoms with Crippen molar-refractivity contribution in [1.29, 1.82) is 0 Å². The van der Waals surface area contributed by atoms with E-state index in [1.54, 1.807) is 24.3 Å². The van der Waals surface area contributed by atoms with Crippen LogP contribution in [0.4, 0.5) is 25.8 Å². The Morgan fingerprint density at radius 3 is 1.85 bits per heavy atom. The fourth-order valence-corrected chi connectivity index (χ4v) is 5.00. The molecule has 13 heteroatoms. The van der Waals surface area contributed by atoms with Crippen LogP contribution in [0, 0.1) is 15.2 Å². The van der Waals surface area contributed by atoms with Crippen molar-refractivity contribution in [3.05, 3.63) is 97.9 Å². The number of hydrogen-bond acceptors (Lipinski definition) is 6. The van der Waals surface area contributed by atoms with Gasteiger partial charge in [0.2, 0.25) is 0 Å². The minimum atomic E-state index is -1.82. The van der Waals surface area contributed by atoms with Crippen LogP contribution in [0.25, 0.3) is 10.4 Å². The first-order chi connectivity index (χ1) is 19.7. The summed E-state index contributed by atoms with van der Waals surface area (Å²) in [6.07, 6.45) is 0.938. The van der Waals surface area contributed by atoms with Gasteiger partial charge < -0.3 is 20.0 Å². The van der Waals surface area contributed by atoms with Crippen LogP contribution in [0.2, 0.25) is 0 Å². The third-order valence-electron chi connectivity index (χ3n) is 6.35. The maximum absolute atomic E-state index is 13.4. The summed E-state index contributed by atoms with van der Waals surface area (Å²) >= 11 is 2.21. The lowest BCUT2D eigenvalue weighted by Crippen LogP contribution is -2.46. The van der Waals surface area contributed by atoms with Gasteiger partial charge in [0.15, 0.2) is 0 Å². The number of azide groups is 1. The average Bonchev–Trinajstić information content (AvgIpc) is 2.95. The van der Waals surface area contributed by atoms with Gasteiger partial charge in [-0.25, -0.2) is 18.4 Å². The smallest absolute Gasteiger partial charge is 0.414 e. The van der Waals surface area contributed by atoms with E-state index in [9.17, 15) is 8.78 Å². The normalized spacial score (nSPS) is 13.4. The molecule has 3 aromatic carbocycles. The number of aliphatic carboxylic acids is 2. The Bertz CT molecular complexity index is 1310. The molecule has 1 heterocycles. The molecule has 1 fully saturated rings. The fraction of sp³-hybridized carbons (Fsp3) is 0.286. The highest BCUT2D eigenvalue weighted by molar-refractivity contribution is 14.1. The molecule has 3 aromatic rings. The zero-order chi connectivity index (χ0) is 29.8. The van der Waals surface area contributed by atoms with Crippen molar-refractivity contribution in [1.82, 2.24) is 9.80 Å². The number of hydrogen-bond donors (Lipinski definition) is 2. The Hall–Kier alpha value is -3.78. The zero-order valence-electron chi connectivity index (χ0n) is 22.0. The highest BCUT2D eigenvalue weighted by Gasteiger charge is 2.18. The molecule has 0 radical (unpaired) electrons. The van der Waals surface area contributed by atoms with Gasteiger partial charge in [0.1, 0.15) is 11.6 Å². The largest absolute Gasteiger partial charge is 0.473 e. The molecule has 0 aliphatic carbocycles. The van der Waals surface area contributed by atoms with Crippen LogP contribution in [0.15, 0.2) is 71.8 Å². The second kappa shape index (κ2) is 15.9. The van der Waals surface area contributed by atoms with Gasteiger partial charge in [-0.05, 0) is 101 Å². The molecule has 0 saturated carbocycles. The summed E-state index contributed by atoms with van der Waals surface area (Å²) in [4.78, 5) is 28.1. The highest BCUT2D eigenvalue weighted by atomic mass is 127. The summed E-state index contributed by atoms with van der Waals surface area (Å²) < 4.78 is 27.8. The van der Waals surface area contributed by atoms with E-state index in [-0.39, 0.29) is 11.6 Å². The molecule has 1 aliphatic heterocycles. The minimum absolute atomic E-state index is 0.271. The first-order valence-electron chi connectivity index (χ1n) is 12.7. The molecule has 1 aliphatic rings. The second-order valence-electron chi connectivity index (χ2n) is 9.16. The average molecular weight is 678 g/mol. The fourth-order valence-electron chi connectivity index (χ4n) is 4.31. The van der Waals surface area contributed by atoms with Crippen LogP contribution in [0.1, 0.15) is 12.0 Å². The molecule has 0 aromatic heterocycles. The maximum atomic E-state index is 13.4. The number of carbonyl (C=O) groups is 2. The quantitative estimate of drug-likeness (QED) is 0.0931. The second-order valence-corrected chi connectivity index (χ2v) is 10.3. The Kier molecular flexibility index (Phi) is 12.3. The monoisotopic (exact) mass is 678 g/mol. The third kappa shape index (κ3) is 10.3. The van der Waals surface area contributed by atoms with Crippen LogP contribution in [-0.2, 0) is 16.1 Å². The minimum Gasteiger partial charge on any atom is -0.473 e. The number of benzene rings is 3. The molecule has 0 unspecified atom stereocenters. The molecule has 0 atom stereocenters. The first-order valence-corrected chi connectivity index (χ1v) is 13.8. The Morgan fingerprint density at radius 1 is 0.878 bits per heavy atom. The van der Waals surface area contributed by atoms with Crippen LogP contribution in [0.5, 0.6) is 0 Å². The Balaban J connectivity index is 0.000000696. The van der Waals surface area contributed by atoms with E-state index < -0.39 is 11.9 Å². The molecule has 0 spiro atoms. The summed E-state index contributed by atoms with van der Waals surface area (Å²) in [6.45, 7) is 6.59. The first kappa shape index (κ1) is 31.7. The van der Waals surface area contributed by atoms with Crippen molar-refractivity contribution >= 4 is 51.6 Å². The number of piperazine rings is 1. The number of nitrogens with zero attached hydrogens (tertiary/aromatic N) is 6. The summed E-state index contributed by atoms with van der Waals surface area (Å²) in [5.41, 5.74) is 12.3. The molecule has 10 nitrogen and oxygen atoms in total. The standard InChI is InChI=1S/C26H27F2IN6.C2H2O4/c27-21-3-7-23(8-4-21)35(24-9-5-22(28)6-10-24)13-1-12-33-14-16-34(17-15-33)19-20-2-11-26(31-32-30)25(29)18-20;3-1(4)2(5)6/h2-11,18H,1,12-17,19H2;(H,3,4)(H,5,6). The van der Waals surface area contributed by atoms with Gasteiger partial charge in [-0.15, -0.1) is 0 Å². The third-order valence-corrected chi connectivity index (χ3v) is 7.22. The zero-order valence-corrected chi connectivity index (χ0v) is 24.2. The summed E-state index contributed by atoms with van der Waals surface area (Å²) in [5, 5.41) is 18.5. The van der Waals surface area contributed by atoms with Gasteiger partial charge in [-0.3, -0.25) is 4.90 Å². The van der Waals surface area contributed by atoms with Crippen molar-refractivity contribution in [3.8, 4) is 0 Å². The van der Waals surface area contributed by atoms with E-state index in [2.05, 4.69) is 53.4 Å². The van der Waals surface area contributed by atoms with Crippen LogP contribution >= 0.6 is 22.6 Å². The van der Waals surface area contributed by atoms with Crippen molar-refractivity contribution in [3.63, 3.8) is 0 Å². The van der Waals surface area contributed by atoms with E-state index in [0.29, 0.717) is 5.69 Å². The van der Waals surface area contributed by atoms with Crippen LogP contribution in [-0.4, -0.2) is 71.2 Å². The molecule has 0 bridgehead atoms. The van der Waals surface area contributed by atoms with Crippen molar-refractivity contribution in [2.45, 2.75) is 13.0 Å². The maximum Gasteiger partial charge on any atom is 0.414 e. The van der Waals surface area contributed by atoms with Gasteiger partial charge in [-0.1, -0.05) is 17.2 Å². The number of carboxylic acid groups (broad SMARTS) is 2. The molecular formula is C28H29F2IN6O4. The predicted octanol–water partition coefficient (Wildman–Crippen LogP) is 6.01. The van der Waals surface area contributed by atoms with Gasteiger partial charge in [0, 0.05) is 59.1 Å². The molecule has 41 heavy (non-hydrogen) atoms. The predicted molar refractivity (Wildman–Crippen MR) is 159 cm³/mol. The molecule has 2 N–H and O–H groups in total. The van der Waals surface area contributed by atoms with E-state index in [1.165, 1.54) is 29.8 Å². The van der Waals surface area contributed by atoms with E-state index in [1.807, 2.05) is 12.1 Å². The topological polar surface area (TPSA) is 133 Å². The summed E-state index contributed by atoms with van der Waals surface area (Å²) in [7, 11) is 0. The van der Waals surface area contributed by atoms with E-state index >= 15 is 0 Å². The van der Waals surface area contributed by atoms with Gasteiger partial charge in [0.05, 0.1) is 5.69 Å². The lowest BCUT2D eigenvalue weighted by atomic mass is 10.1. The lowest BCUT2D eigenvalue weighted by Gasteiger charge is -2.35. The molecule has 1 saturated heterocycles. The van der Waals surface area contributed by atoms with Gasteiger partial charge in [0.25, 0.3) is 0 Å². The van der Waals surface area contributed by atoms with E-state index in [0.717, 1.165) is 67.2 Å². The van der Waals surface area contributed by atoms with Crippen molar-refractivity contribution in [2.24, 2.45) is 5.11 Å². The molecule has 0 amide bonds. The van der Waals surface area contributed by atoms with E-state index in [4.69, 9.17) is 25.3 Å². The number of carboxylic acids is 2. The van der Waals surface area contributed by atoms with Crippen LogP contribution in [0.3, 0.4) is 0 Å². The Morgan fingerprint density at radius 2 is 1.39 bits per heavy atom. The van der Waals surface area contributed by atoms with Crippen molar-refractivity contribution < 1.29 is 28.6 Å².